The van der Waals surface area contributed by atoms with Gasteiger partial charge in [0.25, 0.3) is 0 Å². The van der Waals surface area contributed by atoms with E-state index >= 15 is 0 Å². The van der Waals surface area contributed by atoms with Crippen LogP contribution in [0, 0.1) is 5.41 Å². The number of rotatable bonds is 3. The molecular formula is C14H34N2. The molecule has 0 aromatic rings. The highest BCUT2D eigenvalue weighted by molar-refractivity contribution is 4.85. The number of piperidine rings is 1. The van der Waals surface area contributed by atoms with Crippen LogP contribution >= 0.6 is 0 Å². The van der Waals surface area contributed by atoms with Gasteiger partial charge in [-0.3, -0.25) is 0 Å². The SMILES string of the molecule is CC.CC.CCC1(CNC)CCN(C)CC1. The van der Waals surface area contributed by atoms with Gasteiger partial charge < -0.3 is 10.2 Å². The van der Waals surface area contributed by atoms with E-state index < -0.39 is 0 Å². The number of nitrogens with zero attached hydrogens (tertiary/aromatic N) is 1. The molecule has 0 aliphatic carbocycles. The van der Waals surface area contributed by atoms with E-state index in [9.17, 15) is 0 Å². The highest BCUT2D eigenvalue weighted by atomic mass is 15.1. The molecule has 0 atom stereocenters. The van der Waals surface area contributed by atoms with Crippen LogP contribution in [0.4, 0.5) is 0 Å². The van der Waals surface area contributed by atoms with Gasteiger partial charge in [0, 0.05) is 6.54 Å². The topological polar surface area (TPSA) is 15.3 Å². The van der Waals surface area contributed by atoms with Crippen LogP contribution < -0.4 is 5.32 Å². The second-order valence-electron chi connectivity index (χ2n) is 4.19. The van der Waals surface area contributed by atoms with E-state index in [1.807, 2.05) is 27.7 Å². The molecule has 1 N–H and O–H groups in total. The first-order valence-electron chi connectivity index (χ1n) is 7.05. The fourth-order valence-corrected chi connectivity index (χ4v) is 2.12. The highest BCUT2D eigenvalue weighted by Crippen LogP contribution is 2.33. The summed E-state index contributed by atoms with van der Waals surface area (Å²) in [5.74, 6) is 0. The van der Waals surface area contributed by atoms with Crippen molar-refractivity contribution in [2.75, 3.05) is 33.7 Å². The predicted molar refractivity (Wildman–Crippen MR) is 76.1 cm³/mol. The molecule has 0 unspecified atom stereocenters. The fourth-order valence-electron chi connectivity index (χ4n) is 2.12. The fraction of sp³-hybridized carbons (Fsp3) is 1.00. The van der Waals surface area contributed by atoms with Gasteiger partial charge in [-0.05, 0) is 51.9 Å². The van der Waals surface area contributed by atoms with Crippen molar-refractivity contribution in [1.29, 1.82) is 0 Å². The van der Waals surface area contributed by atoms with Crippen molar-refractivity contribution in [3.63, 3.8) is 0 Å². The van der Waals surface area contributed by atoms with Crippen molar-refractivity contribution >= 4 is 0 Å². The Hall–Kier alpha value is -0.0800. The maximum Gasteiger partial charge on any atom is 0.000566 e. The lowest BCUT2D eigenvalue weighted by molar-refractivity contribution is 0.117. The van der Waals surface area contributed by atoms with Crippen molar-refractivity contribution < 1.29 is 0 Å². The molecule has 1 heterocycles. The highest BCUT2D eigenvalue weighted by Gasteiger charge is 2.30. The summed E-state index contributed by atoms with van der Waals surface area (Å²) in [5, 5.41) is 3.33. The van der Waals surface area contributed by atoms with Crippen LogP contribution in [-0.2, 0) is 0 Å². The summed E-state index contributed by atoms with van der Waals surface area (Å²) in [5.41, 5.74) is 0.598. The first-order chi connectivity index (χ1) is 7.72. The molecule has 0 aromatic carbocycles. The first-order valence-corrected chi connectivity index (χ1v) is 7.05. The van der Waals surface area contributed by atoms with Gasteiger partial charge in [-0.2, -0.15) is 0 Å². The summed E-state index contributed by atoms with van der Waals surface area (Å²) < 4.78 is 0. The maximum atomic E-state index is 3.33. The summed E-state index contributed by atoms with van der Waals surface area (Å²) in [6, 6.07) is 0. The molecule has 1 rings (SSSR count). The first kappa shape index (κ1) is 18.3. The van der Waals surface area contributed by atoms with Crippen LogP contribution in [0.3, 0.4) is 0 Å². The molecule has 16 heavy (non-hydrogen) atoms. The Balaban J connectivity index is 0. The molecule has 1 saturated heterocycles. The minimum atomic E-state index is 0.598. The van der Waals surface area contributed by atoms with Gasteiger partial charge in [0.05, 0.1) is 0 Å². The molecule has 0 radical (unpaired) electrons. The summed E-state index contributed by atoms with van der Waals surface area (Å²) in [6.45, 7) is 14.1. The lowest BCUT2D eigenvalue weighted by Gasteiger charge is -2.40. The molecule has 0 saturated carbocycles. The van der Waals surface area contributed by atoms with Crippen LogP contribution in [0.5, 0.6) is 0 Å². The number of likely N-dealkylation sites (tertiary alicyclic amines) is 1. The van der Waals surface area contributed by atoms with E-state index in [0.29, 0.717) is 5.41 Å². The van der Waals surface area contributed by atoms with E-state index in [0.717, 1.165) is 0 Å². The van der Waals surface area contributed by atoms with E-state index in [4.69, 9.17) is 0 Å². The number of hydrogen-bond donors (Lipinski definition) is 1. The van der Waals surface area contributed by atoms with Gasteiger partial charge in [0.15, 0.2) is 0 Å². The van der Waals surface area contributed by atoms with Crippen LogP contribution in [0.15, 0.2) is 0 Å². The average molecular weight is 230 g/mol. The van der Waals surface area contributed by atoms with Crippen LogP contribution in [0.2, 0.25) is 0 Å². The third-order valence-corrected chi connectivity index (χ3v) is 3.35. The smallest absolute Gasteiger partial charge is 0.000566 e. The zero-order valence-electron chi connectivity index (χ0n) is 12.7. The molecule has 1 fully saturated rings. The minimum Gasteiger partial charge on any atom is -0.319 e. The predicted octanol–water partition coefficient (Wildman–Crippen LogP) is 3.38. The van der Waals surface area contributed by atoms with E-state index in [2.05, 4.69) is 31.2 Å². The van der Waals surface area contributed by atoms with Crippen molar-refractivity contribution in [2.24, 2.45) is 5.41 Å². The lowest BCUT2D eigenvalue weighted by atomic mass is 9.76. The standard InChI is InChI=1S/C10H22N2.2C2H6/c1-4-10(9-11-2)5-7-12(3)8-6-10;2*1-2/h11H,4-9H2,1-3H3;2*1-2H3. The van der Waals surface area contributed by atoms with Crippen LogP contribution in [-0.4, -0.2) is 38.6 Å². The molecule has 100 valence electrons. The summed E-state index contributed by atoms with van der Waals surface area (Å²) in [4.78, 5) is 2.43. The Morgan fingerprint density at radius 1 is 1.06 bits per heavy atom. The zero-order valence-corrected chi connectivity index (χ0v) is 12.7. The van der Waals surface area contributed by atoms with E-state index in [-0.39, 0.29) is 0 Å². The Morgan fingerprint density at radius 2 is 1.50 bits per heavy atom. The average Bonchev–Trinajstić information content (AvgIpc) is 2.38. The molecule has 2 nitrogen and oxygen atoms in total. The largest absolute Gasteiger partial charge is 0.319 e. The van der Waals surface area contributed by atoms with Gasteiger partial charge in [-0.25, -0.2) is 0 Å². The molecule has 2 heteroatoms. The second kappa shape index (κ2) is 11.4. The third kappa shape index (κ3) is 6.49. The summed E-state index contributed by atoms with van der Waals surface area (Å²) in [7, 11) is 4.29. The molecule has 1 aliphatic heterocycles. The summed E-state index contributed by atoms with van der Waals surface area (Å²) in [6.07, 6.45) is 4.04. The molecular weight excluding hydrogens is 196 g/mol. The van der Waals surface area contributed by atoms with Crippen molar-refractivity contribution in [2.45, 2.75) is 53.9 Å². The quantitative estimate of drug-likeness (QED) is 0.799. The molecule has 0 spiro atoms. The van der Waals surface area contributed by atoms with Gasteiger partial charge in [-0.1, -0.05) is 34.6 Å². The number of hydrogen-bond acceptors (Lipinski definition) is 2. The van der Waals surface area contributed by atoms with Crippen LogP contribution in [0.25, 0.3) is 0 Å². The van der Waals surface area contributed by atoms with E-state index in [1.165, 1.54) is 38.9 Å². The Bertz CT molecular complexity index is 127. The van der Waals surface area contributed by atoms with Gasteiger partial charge in [-0.15, -0.1) is 0 Å². The van der Waals surface area contributed by atoms with Crippen molar-refractivity contribution in [3.8, 4) is 0 Å². The van der Waals surface area contributed by atoms with Crippen LogP contribution in [0.1, 0.15) is 53.9 Å². The normalized spacial score (nSPS) is 18.9. The molecule has 0 amide bonds. The Labute approximate surface area is 104 Å². The van der Waals surface area contributed by atoms with Gasteiger partial charge in [0.2, 0.25) is 0 Å². The van der Waals surface area contributed by atoms with Gasteiger partial charge >= 0.3 is 0 Å². The lowest BCUT2D eigenvalue weighted by Crippen LogP contribution is -2.42. The molecule has 0 aromatic heterocycles. The third-order valence-electron chi connectivity index (χ3n) is 3.35. The second-order valence-corrected chi connectivity index (χ2v) is 4.19. The maximum absolute atomic E-state index is 3.33. The van der Waals surface area contributed by atoms with Gasteiger partial charge in [0.1, 0.15) is 0 Å². The van der Waals surface area contributed by atoms with E-state index in [1.54, 1.807) is 0 Å². The Kier molecular flexibility index (Phi) is 13.0. The number of nitrogens with one attached hydrogen (secondary N) is 1. The van der Waals surface area contributed by atoms with Crippen molar-refractivity contribution in [3.05, 3.63) is 0 Å². The minimum absolute atomic E-state index is 0.598. The monoisotopic (exact) mass is 230 g/mol. The zero-order chi connectivity index (χ0) is 13.0. The van der Waals surface area contributed by atoms with Crippen molar-refractivity contribution in [1.82, 2.24) is 10.2 Å². The summed E-state index contributed by atoms with van der Waals surface area (Å²) >= 11 is 0. The molecule has 0 bridgehead atoms. The molecule has 1 aliphatic rings. The Morgan fingerprint density at radius 3 is 1.81 bits per heavy atom.